The van der Waals surface area contributed by atoms with Crippen LogP contribution in [-0.4, -0.2) is 43.7 Å². The summed E-state index contributed by atoms with van der Waals surface area (Å²) < 4.78 is 0. The van der Waals surface area contributed by atoms with Gasteiger partial charge in [-0.2, -0.15) is 0 Å². The first-order chi connectivity index (χ1) is 9.06. The summed E-state index contributed by atoms with van der Waals surface area (Å²) in [7, 11) is 0. The van der Waals surface area contributed by atoms with Gasteiger partial charge in [0.15, 0.2) is 0 Å². The molecule has 0 aliphatic carbocycles. The highest BCUT2D eigenvalue weighted by Crippen LogP contribution is 2.18. The van der Waals surface area contributed by atoms with E-state index in [2.05, 4.69) is 54.8 Å². The van der Waals surface area contributed by atoms with E-state index in [0.29, 0.717) is 12.0 Å². The number of benzene rings is 1. The minimum atomic E-state index is 0.297. The summed E-state index contributed by atoms with van der Waals surface area (Å²) in [6.45, 7) is 12.0. The van der Waals surface area contributed by atoms with Crippen LogP contribution in [0.15, 0.2) is 24.3 Å². The normalized spacial score (nSPS) is 18.9. The first-order valence-corrected chi connectivity index (χ1v) is 7.36. The molecule has 0 amide bonds. The van der Waals surface area contributed by atoms with Gasteiger partial charge in [0.2, 0.25) is 0 Å². The van der Waals surface area contributed by atoms with E-state index in [0.717, 1.165) is 32.7 Å². The molecule has 1 aliphatic heterocycles. The number of hydrogen-bond donors (Lipinski definition) is 1. The Morgan fingerprint density at radius 3 is 2.42 bits per heavy atom. The largest absolute Gasteiger partial charge is 0.369 e. The second-order valence-electron chi connectivity index (χ2n) is 6.03. The molecule has 106 valence electrons. The molecule has 3 nitrogen and oxygen atoms in total. The number of aryl methyl sites for hydroxylation is 1. The molecule has 0 saturated carbocycles. The van der Waals surface area contributed by atoms with Crippen LogP contribution in [0.25, 0.3) is 0 Å². The van der Waals surface area contributed by atoms with Crippen LogP contribution in [0.4, 0.5) is 5.69 Å². The summed E-state index contributed by atoms with van der Waals surface area (Å²) in [6, 6.07) is 9.08. The van der Waals surface area contributed by atoms with Crippen LogP contribution in [0, 0.1) is 12.8 Å². The zero-order valence-electron chi connectivity index (χ0n) is 12.5. The van der Waals surface area contributed by atoms with E-state index >= 15 is 0 Å². The molecule has 0 bridgehead atoms. The van der Waals surface area contributed by atoms with Crippen molar-refractivity contribution in [3.8, 4) is 0 Å². The first kappa shape index (κ1) is 14.4. The predicted molar refractivity (Wildman–Crippen MR) is 82.6 cm³/mol. The Kier molecular flexibility index (Phi) is 4.83. The van der Waals surface area contributed by atoms with Crippen molar-refractivity contribution in [2.45, 2.75) is 26.8 Å². The minimum absolute atomic E-state index is 0.297. The lowest BCUT2D eigenvalue weighted by molar-refractivity contribution is 0.226. The molecule has 2 rings (SSSR count). The third-order valence-corrected chi connectivity index (χ3v) is 4.06. The quantitative estimate of drug-likeness (QED) is 0.901. The summed E-state index contributed by atoms with van der Waals surface area (Å²) in [5.74, 6) is 0.565. The van der Waals surface area contributed by atoms with Gasteiger partial charge in [0.1, 0.15) is 0 Å². The Hall–Kier alpha value is -1.06. The highest BCUT2D eigenvalue weighted by molar-refractivity contribution is 5.48. The maximum atomic E-state index is 6.16. The van der Waals surface area contributed by atoms with Gasteiger partial charge in [0.05, 0.1) is 0 Å². The summed E-state index contributed by atoms with van der Waals surface area (Å²) in [4.78, 5) is 4.97. The van der Waals surface area contributed by atoms with Crippen molar-refractivity contribution in [2.24, 2.45) is 11.7 Å². The highest BCUT2D eigenvalue weighted by atomic mass is 15.3. The van der Waals surface area contributed by atoms with Crippen LogP contribution in [0.5, 0.6) is 0 Å². The van der Waals surface area contributed by atoms with E-state index in [1.54, 1.807) is 0 Å². The molecule has 0 spiro atoms. The van der Waals surface area contributed by atoms with Gasteiger partial charge >= 0.3 is 0 Å². The van der Waals surface area contributed by atoms with Gasteiger partial charge in [0.25, 0.3) is 0 Å². The van der Waals surface area contributed by atoms with Crippen molar-refractivity contribution in [3.63, 3.8) is 0 Å². The molecular formula is C16H27N3. The monoisotopic (exact) mass is 261 g/mol. The Morgan fingerprint density at radius 2 is 1.84 bits per heavy atom. The maximum absolute atomic E-state index is 6.16. The van der Waals surface area contributed by atoms with E-state index in [-0.39, 0.29) is 0 Å². The topological polar surface area (TPSA) is 32.5 Å². The highest BCUT2D eigenvalue weighted by Gasteiger charge is 2.19. The summed E-state index contributed by atoms with van der Waals surface area (Å²) in [5, 5.41) is 0. The standard InChI is InChI=1S/C16H27N3/c1-13(2)16(17)12-18-7-9-19(10-8-18)15-6-4-5-14(3)11-15/h4-6,11,13,16H,7-10,12,17H2,1-3H3. The predicted octanol–water partition coefficient (Wildman–Crippen LogP) is 2.10. The lowest BCUT2D eigenvalue weighted by atomic mass is 10.0. The van der Waals surface area contributed by atoms with Gasteiger partial charge in [-0.3, -0.25) is 4.90 Å². The SMILES string of the molecule is Cc1cccc(N2CCN(CC(N)C(C)C)CC2)c1. The second kappa shape index (κ2) is 6.40. The first-order valence-electron chi connectivity index (χ1n) is 7.36. The third kappa shape index (κ3) is 3.95. The van der Waals surface area contributed by atoms with Gasteiger partial charge < -0.3 is 10.6 Å². The third-order valence-electron chi connectivity index (χ3n) is 4.06. The van der Waals surface area contributed by atoms with Crippen molar-refractivity contribution in [1.29, 1.82) is 0 Å². The molecule has 1 unspecified atom stereocenters. The Labute approximate surface area is 117 Å². The molecule has 0 aromatic heterocycles. The van der Waals surface area contributed by atoms with E-state index in [4.69, 9.17) is 5.73 Å². The number of piperazine rings is 1. The molecular weight excluding hydrogens is 234 g/mol. The number of nitrogens with two attached hydrogens (primary N) is 1. The average Bonchev–Trinajstić information content (AvgIpc) is 2.39. The van der Waals surface area contributed by atoms with Crippen LogP contribution < -0.4 is 10.6 Å². The molecule has 3 heteroatoms. The van der Waals surface area contributed by atoms with Gasteiger partial charge in [-0.05, 0) is 30.5 Å². The van der Waals surface area contributed by atoms with Gasteiger partial charge in [-0.1, -0.05) is 26.0 Å². The minimum Gasteiger partial charge on any atom is -0.369 e. The van der Waals surface area contributed by atoms with Crippen LogP contribution in [-0.2, 0) is 0 Å². The lowest BCUT2D eigenvalue weighted by Crippen LogP contribution is -2.50. The van der Waals surface area contributed by atoms with Crippen molar-refractivity contribution in [2.75, 3.05) is 37.6 Å². The maximum Gasteiger partial charge on any atom is 0.0369 e. The van der Waals surface area contributed by atoms with Crippen LogP contribution in [0.3, 0.4) is 0 Å². The molecule has 1 aromatic carbocycles. The number of rotatable bonds is 4. The molecule has 19 heavy (non-hydrogen) atoms. The van der Waals surface area contributed by atoms with Crippen molar-refractivity contribution in [1.82, 2.24) is 4.90 Å². The zero-order valence-corrected chi connectivity index (χ0v) is 12.5. The fourth-order valence-electron chi connectivity index (χ4n) is 2.52. The average molecular weight is 261 g/mol. The molecule has 1 heterocycles. The van der Waals surface area contributed by atoms with Gasteiger partial charge in [0, 0.05) is 44.5 Å². The molecule has 1 atom stereocenters. The van der Waals surface area contributed by atoms with Gasteiger partial charge in [-0.25, -0.2) is 0 Å². The number of nitrogens with zero attached hydrogens (tertiary/aromatic N) is 2. The fraction of sp³-hybridized carbons (Fsp3) is 0.625. The van der Waals surface area contributed by atoms with Crippen molar-refractivity contribution >= 4 is 5.69 Å². The van der Waals surface area contributed by atoms with Crippen LogP contribution in [0.2, 0.25) is 0 Å². The van der Waals surface area contributed by atoms with E-state index < -0.39 is 0 Å². The molecule has 1 aliphatic rings. The number of anilines is 1. The summed E-state index contributed by atoms with van der Waals surface area (Å²) >= 11 is 0. The molecule has 0 radical (unpaired) electrons. The number of hydrogen-bond acceptors (Lipinski definition) is 3. The molecule has 1 aromatic rings. The fourth-order valence-corrected chi connectivity index (χ4v) is 2.52. The Balaban J connectivity index is 1.85. The van der Waals surface area contributed by atoms with Gasteiger partial charge in [-0.15, -0.1) is 0 Å². The zero-order chi connectivity index (χ0) is 13.8. The van der Waals surface area contributed by atoms with Crippen molar-refractivity contribution < 1.29 is 0 Å². The van der Waals surface area contributed by atoms with E-state index in [1.165, 1.54) is 11.3 Å². The van der Waals surface area contributed by atoms with Crippen LogP contribution >= 0.6 is 0 Å². The smallest absolute Gasteiger partial charge is 0.0369 e. The summed E-state index contributed by atoms with van der Waals surface area (Å²) in [5.41, 5.74) is 8.85. The molecule has 2 N–H and O–H groups in total. The summed E-state index contributed by atoms with van der Waals surface area (Å²) in [6.07, 6.45) is 0. The Morgan fingerprint density at radius 1 is 1.16 bits per heavy atom. The van der Waals surface area contributed by atoms with Crippen LogP contribution in [0.1, 0.15) is 19.4 Å². The van der Waals surface area contributed by atoms with Crippen molar-refractivity contribution in [3.05, 3.63) is 29.8 Å². The second-order valence-corrected chi connectivity index (χ2v) is 6.03. The van der Waals surface area contributed by atoms with E-state index in [1.807, 2.05) is 0 Å². The lowest BCUT2D eigenvalue weighted by Gasteiger charge is -2.37. The molecule has 1 fully saturated rings. The van der Waals surface area contributed by atoms with E-state index in [9.17, 15) is 0 Å². The Bertz CT molecular complexity index is 395. The molecule has 1 saturated heterocycles.